The summed E-state index contributed by atoms with van der Waals surface area (Å²) in [6.07, 6.45) is 3.48. The molecule has 0 spiro atoms. The molecule has 4 nitrogen and oxygen atoms in total. The maximum atomic E-state index is 11.7. The second-order valence-corrected chi connectivity index (χ2v) is 4.63. The van der Waals surface area contributed by atoms with Crippen molar-refractivity contribution in [3.63, 3.8) is 0 Å². The molecule has 0 unspecified atom stereocenters. The number of carbonyl (C=O) groups is 1. The average molecular weight is 225 g/mol. The number of amides is 2. The molecule has 1 fully saturated rings. The van der Waals surface area contributed by atoms with Crippen molar-refractivity contribution in [1.29, 1.82) is 0 Å². The first-order valence-electron chi connectivity index (χ1n) is 5.14. The van der Waals surface area contributed by atoms with E-state index in [1.54, 1.807) is 28.8 Å². The van der Waals surface area contributed by atoms with Gasteiger partial charge in [0.05, 0.1) is 17.7 Å². The van der Waals surface area contributed by atoms with Crippen LogP contribution in [0.5, 0.6) is 0 Å². The zero-order valence-corrected chi connectivity index (χ0v) is 9.59. The topological polar surface area (TPSA) is 45.2 Å². The van der Waals surface area contributed by atoms with Gasteiger partial charge in [0.1, 0.15) is 0 Å². The summed E-state index contributed by atoms with van der Waals surface area (Å²) < 4.78 is 0. The second-order valence-electron chi connectivity index (χ2n) is 3.91. The highest BCUT2D eigenvalue weighted by molar-refractivity contribution is 7.07. The van der Waals surface area contributed by atoms with Crippen molar-refractivity contribution >= 4 is 17.4 Å². The molecular weight excluding hydrogens is 210 g/mol. The third-order valence-corrected chi connectivity index (χ3v) is 3.30. The summed E-state index contributed by atoms with van der Waals surface area (Å²) in [4.78, 5) is 17.5. The fourth-order valence-corrected chi connectivity index (χ4v) is 2.02. The van der Waals surface area contributed by atoms with Crippen LogP contribution in [0.2, 0.25) is 0 Å². The predicted molar refractivity (Wildman–Crippen MR) is 59.8 cm³/mol. The van der Waals surface area contributed by atoms with Gasteiger partial charge in [0.15, 0.2) is 0 Å². The Morgan fingerprint density at radius 2 is 2.53 bits per heavy atom. The predicted octanol–water partition coefficient (Wildman–Crippen LogP) is 1.84. The van der Waals surface area contributed by atoms with Gasteiger partial charge >= 0.3 is 6.03 Å². The molecule has 0 atom stereocenters. The van der Waals surface area contributed by atoms with E-state index in [9.17, 15) is 4.79 Å². The van der Waals surface area contributed by atoms with Gasteiger partial charge in [0, 0.05) is 18.5 Å². The van der Waals surface area contributed by atoms with Gasteiger partial charge in [0.25, 0.3) is 0 Å². The van der Waals surface area contributed by atoms with Crippen LogP contribution in [0.15, 0.2) is 10.9 Å². The standard InChI is InChI=1S/C10H15N3OS/c1-13(5-9-6-15-7-11-9)10(14)12-8-3-2-4-8/h6-8H,2-5H2,1H3,(H,12,14). The molecule has 82 valence electrons. The molecule has 0 saturated heterocycles. The maximum Gasteiger partial charge on any atom is 0.317 e. The summed E-state index contributed by atoms with van der Waals surface area (Å²) in [6.45, 7) is 0.585. The number of hydrogen-bond acceptors (Lipinski definition) is 3. The Balaban J connectivity index is 1.79. The lowest BCUT2D eigenvalue weighted by Gasteiger charge is -2.28. The van der Waals surface area contributed by atoms with Gasteiger partial charge in [-0.05, 0) is 19.3 Å². The summed E-state index contributed by atoms with van der Waals surface area (Å²) in [5, 5.41) is 4.96. The number of hydrogen-bond donors (Lipinski definition) is 1. The van der Waals surface area contributed by atoms with Crippen LogP contribution >= 0.6 is 11.3 Å². The lowest BCUT2D eigenvalue weighted by atomic mass is 9.93. The highest BCUT2D eigenvalue weighted by atomic mass is 32.1. The third-order valence-electron chi connectivity index (χ3n) is 2.66. The van der Waals surface area contributed by atoms with Gasteiger partial charge in [-0.3, -0.25) is 0 Å². The minimum absolute atomic E-state index is 0.00713. The quantitative estimate of drug-likeness (QED) is 0.853. The van der Waals surface area contributed by atoms with Gasteiger partial charge < -0.3 is 10.2 Å². The monoisotopic (exact) mass is 225 g/mol. The summed E-state index contributed by atoms with van der Waals surface area (Å²) in [7, 11) is 1.80. The van der Waals surface area contributed by atoms with Gasteiger partial charge in [0.2, 0.25) is 0 Å². The molecule has 0 aliphatic heterocycles. The lowest BCUT2D eigenvalue weighted by molar-refractivity contribution is 0.194. The van der Waals surface area contributed by atoms with Gasteiger partial charge in [-0.1, -0.05) is 0 Å². The van der Waals surface area contributed by atoms with E-state index >= 15 is 0 Å². The van der Waals surface area contributed by atoms with Crippen LogP contribution in [0, 0.1) is 0 Å². The van der Waals surface area contributed by atoms with Crippen LogP contribution in [-0.4, -0.2) is 29.0 Å². The number of thiazole rings is 1. The number of nitrogens with one attached hydrogen (secondary N) is 1. The van der Waals surface area contributed by atoms with Crippen molar-refractivity contribution in [1.82, 2.24) is 15.2 Å². The summed E-state index contributed by atoms with van der Waals surface area (Å²) in [5.41, 5.74) is 2.73. The first kappa shape index (κ1) is 10.4. The average Bonchev–Trinajstić information content (AvgIpc) is 2.63. The largest absolute Gasteiger partial charge is 0.335 e. The number of rotatable bonds is 3. The highest BCUT2D eigenvalue weighted by Crippen LogP contribution is 2.18. The number of aromatic nitrogens is 1. The molecule has 2 rings (SSSR count). The lowest BCUT2D eigenvalue weighted by Crippen LogP contribution is -2.45. The molecule has 0 radical (unpaired) electrons. The molecule has 15 heavy (non-hydrogen) atoms. The van der Waals surface area contributed by atoms with Crippen molar-refractivity contribution < 1.29 is 4.79 Å². The van der Waals surface area contributed by atoms with Crippen LogP contribution in [0.25, 0.3) is 0 Å². The molecule has 1 aromatic heterocycles. The molecular formula is C10H15N3OS. The van der Waals surface area contributed by atoms with E-state index in [2.05, 4.69) is 10.3 Å². The molecule has 1 saturated carbocycles. The molecule has 2 amide bonds. The fraction of sp³-hybridized carbons (Fsp3) is 0.600. The Morgan fingerprint density at radius 3 is 3.07 bits per heavy atom. The van der Waals surface area contributed by atoms with Crippen molar-refractivity contribution in [3.05, 3.63) is 16.6 Å². The fourth-order valence-electron chi connectivity index (χ4n) is 1.47. The van der Waals surface area contributed by atoms with Crippen molar-refractivity contribution in [2.45, 2.75) is 31.8 Å². The molecule has 0 aromatic carbocycles. The minimum atomic E-state index is 0.00713. The maximum absolute atomic E-state index is 11.7. The number of urea groups is 1. The SMILES string of the molecule is CN(Cc1cscn1)C(=O)NC1CCC1. The molecule has 5 heteroatoms. The molecule has 0 bridgehead atoms. The normalized spacial score (nSPS) is 15.8. The minimum Gasteiger partial charge on any atom is -0.335 e. The zero-order chi connectivity index (χ0) is 10.7. The van der Waals surface area contributed by atoms with Crippen LogP contribution < -0.4 is 5.32 Å². The smallest absolute Gasteiger partial charge is 0.317 e. The number of carbonyl (C=O) groups excluding carboxylic acids is 1. The molecule has 1 N–H and O–H groups in total. The third kappa shape index (κ3) is 2.68. The van der Waals surface area contributed by atoms with Gasteiger partial charge in [-0.2, -0.15) is 0 Å². The van der Waals surface area contributed by atoms with E-state index in [4.69, 9.17) is 0 Å². The second kappa shape index (κ2) is 4.61. The summed E-state index contributed by atoms with van der Waals surface area (Å²) >= 11 is 1.55. The Hall–Kier alpha value is -1.10. The first-order valence-corrected chi connectivity index (χ1v) is 6.08. The first-order chi connectivity index (χ1) is 7.25. The molecule has 1 heterocycles. The Morgan fingerprint density at radius 1 is 1.73 bits per heavy atom. The van der Waals surface area contributed by atoms with Crippen LogP contribution in [0.3, 0.4) is 0 Å². The van der Waals surface area contributed by atoms with Crippen LogP contribution in [-0.2, 0) is 6.54 Å². The van der Waals surface area contributed by atoms with E-state index < -0.39 is 0 Å². The zero-order valence-electron chi connectivity index (χ0n) is 8.77. The van der Waals surface area contributed by atoms with Crippen LogP contribution in [0.1, 0.15) is 25.0 Å². The van der Waals surface area contributed by atoms with Crippen molar-refractivity contribution in [2.24, 2.45) is 0 Å². The van der Waals surface area contributed by atoms with E-state index in [0.717, 1.165) is 18.5 Å². The van der Waals surface area contributed by atoms with Crippen molar-refractivity contribution in [2.75, 3.05) is 7.05 Å². The molecule has 1 aromatic rings. The Kier molecular flexibility index (Phi) is 3.20. The van der Waals surface area contributed by atoms with E-state index in [1.807, 2.05) is 5.38 Å². The Bertz CT molecular complexity index is 321. The van der Waals surface area contributed by atoms with Crippen molar-refractivity contribution in [3.8, 4) is 0 Å². The van der Waals surface area contributed by atoms with Gasteiger partial charge in [-0.15, -0.1) is 11.3 Å². The van der Waals surface area contributed by atoms with E-state index in [0.29, 0.717) is 12.6 Å². The van der Waals surface area contributed by atoms with E-state index in [1.165, 1.54) is 6.42 Å². The summed E-state index contributed by atoms with van der Waals surface area (Å²) in [5.74, 6) is 0. The highest BCUT2D eigenvalue weighted by Gasteiger charge is 2.21. The van der Waals surface area contributed by atoms with Gasteiger partial charge in [-0.25, -0.2) is 9.78 Å². The molecule has 1 aliphatic carbocycles. The summed E-state index contributed by atoms with van der Waals surface area (Å²) in [6, 6.07) is 0.406. The Labute approximate surface area is 93.3 Å². The molecule has 1 aliphatic rings. The number of nitrogens with zero attached hydrogens (tertiary/aromatic N) is 2. The van der Waals surface area contributed by atoms with Crippen LogP contribution in [0.4, 0.5) is 4.79 Å². The van der Waals surface area contributed by atoms with E-state index in [-0.39, 0.29) is 6.03 Å².